The molecule has 1 fully saturated rings. The van der Waals surface area contributed by atoms with Gasteiger partial charge in [0.05, 0.1) is 5.92 Å². The Balaban J connectivity index is 2.18. The van der Waals surface area contributed by atoms with Crippen LogP contribution in [-0.4, -0.2) is 16.2 Å². The Bertz CT molecular complexity index is 717. The van der Waals surface area contributed by atoms with Gasteiger partial charge in [0.25, 0.3) is 0 Å². The third-order valence-electron chi connectivity index (χ3n) is 3.11. The lowest BCUT2D eigenvalue weighted by Gasteiger charge is -2.07. The lowest BCUT2D eigenvalue weighted by Crippen LogP contribution is -2.24. The van der Waals surface area contributed by atoms with Gasteiger partial charge in [-0.05, 0) is 12.1 Å². The SMILES string of the molecule is O=C1CC(c2cn3ccccc3cc2=O)C(=O)N1. The monoisotopic (exact) mass is 242 g/mol. The molecule has 1 aliphatic heterocycles. The molecule has 2 amide bonds. The molecule has 3 rings (SSSR count). The van der Waals surface area contributed by atoms with Crippen LogP contribution in [0.2, 0.25) is 0 Å². The molecule has 1 aliphatic rings. The summed E-state index contributed by atoms with van der Waals surface area (Å²) >= 11 is 0. The van der Waals surface area contributed by atoms with Gasteiger partial charge in [-0.3, -0.25) is 19.7 Å². The predicted molar refractivity (Wildman–Crippen MR) is 64.2 cm³/mol. The Hall–Kier alpha value is -2.43. The minimum atomic E-state index is -0.665. The highest BCUT2D eigenvalue weighted by atomic mass is 16.2. The molecule has 5 heteroatoms. The number of pyridine rings is 2. The molecule has 5 nitrogen and oxygen atoms in total. The van der Waals surface area contributed by atoms with Gasteiger partial charge in [0.1, 0.15) is 0 Å². The lowest BCUT2D eigenvalue weighted by molar-refractivity contribution is -0.125. The highest BCUT2D eigenvalue weighted by molar-refractivity contribution is 6.06. The van der Waals surface area contributed by atoms with Crippen LogP contribution in [0.5, 0.6) is 0 Å². The second kappa shape index (κ2) is 3.80. The Labute approximate surface area is 102 Å². The number of carbonyl (C=O) groups is 2. The molecule has 3 heterocycles. The second-order valence-electron chi connectivity index (χ2n) is 4.29. The fourth-order valence-electron chi connectivity index (χ4n) is 2.21. The molecule has 0 radical (unpaired) electrons. The summed E-state index contributed by atoms with van der Waals surface area (Å²) in [5.41, 5.74) is 0.911. The van der Waals surface area contributed by atoms with Crippen molar-refractivity contribution in [2.45, 2.75) is 12.3 Å². The van der Waals surface area contributed by atoms with Crippen LogP contribution in [0.15, 0.2) is 41.5 Å². The molecule has 1 N–H and O–H groups in total. The number of nitrogens with zero attached hydrogens (tertiary/aromatic N) is 1. The highest BCUT2D eigenvalue weighted by Gasteiger charge is 2.33. The lowest BCUT2D eigenvalue weighted by atomic mass is 9.98. The summed E-state index contributed by atoms with van der Waals surface area (Å²) in [4.78, 5) is 34.7. The van der Waals surface area contributed by atoms with Crippen LogP contribution in [0.3, 0.4) is 0 Å². The minimum absolute atomic E-state index is 0.0486. The van der Waals surface area contributed by atoms with E-state index in [1.165, 1.54) is 6.07 Å². The van der Waals surface area contributed by atoms with Crippen LogP contribution >= 0.6 is 0 Å². The van der Waals surface area contributed by atoms with E-state index >= 15 is 0 Å². The Kier molecular flexibility index (Phi) is 2.26. The standard InChI is InChI=1S/C13H10N2O3/c16-11-5-8-3-1-2-4-15(8)7-10(11)9-6-12(17)14-13(9)18/h1-5,7,9H,6H2,(H,14,17,18). The van der Waals surface area contributed by atoms with Gasteiger partial charge in [-0.25, -0.2) is 0 Å². The van der Waals surface area contributed by atoms with Gasteiger partial charge in [0.15, 0.2) is 5.43 Å². The van der Waals surface area contributed by atoms with Crippen molar-refractivity contribution in [3.63, 3.8) is 0 Å². The molecular weight excluding hydrogens is 232 g/mol. The van der Waals surface area contributed by atoms with E-state index in [-0.39, 0.29) is 17.8 Å². The first-order valence-corrected chi connectivity index (χ1v) is 5.60. The van der Waals surface area contributed by atoms with Crippen molar-refractivity contribution in [2.24, 2.45) is 0 Å². The molecule has 2 aromatic heterocycles. The summed E-state index contributed by atoms with van der Waals surface area (Å²) in [5.74, 6) is -1.39. The number of hydrogen-bond donors (Lipinski definition) is 1. The Morgan fingerprint density at radius 3 is 2.78 bits per heavy atom. The summed E-state index contributed by atoms with van der Waals surface area (Å²) in [7, 11) is 0. The normalized spacial score (nSPS) is 19.2. The van der Waals surface area contributed by atoms with Crippen molar-refractivity contribution < 1.29 is 9.59 Å². The van der Waals surface area contributed by atoms with E-state index in [0.717, 1.165) is 5.52 Å². The van der Waals surface area contributed by atoms with Crippen LogP contribution < -0.4 is 10.7 Å². The van der Waals surface area contributed by atoms with Gasteiger partial charge in [-0.1, -0.05) is 6.07 Å². The largest absolute Gasteiger partial charge is 0.323 e. The van der Waals surface area contributed by atoms with Gasteiger partial charge >= 0.3 is 0 Å². The van der Waals surface area contributed by atoms with E-state index in [4.69, 9.17) is 0 Å². The van der Waals surface area contributed by atoms with Crippen LogP contribution in [0, 0.1) is 0 Å². The molecule has 0 aliphatic carbocycles. The zero-order valence-electron chi connectivity index (χ0n) is 9.42. The second-order valence-corrected chi connectivity index (χ2v) is 4.29. The van der Waals surface area contributed by atoms with Gasteiger partial charge in [-0.2, -0.15) is 0 Å². The summed E-state index contributed by atoms with van der Waals surface area (Å²) in [6.45, 7) is 0. The maximum absolute atomic E-state index is 12.0. The van der Waals surface area contributed by atoms with Crippen molar-refractivity contribution in [2.75, 3.05) is 0 Å². The number of imide groups is 1. The quantitative estimate of drug-likeness (QED) is 0.737. The molecule has 1 atom stereocenters. The van der Waals surface area contributed by atoms with E-state index in [1.807, 2.05) is 18.2 Å². The predicted octanol–water partition coefficient (Wildman–Crippen LogP) is 0.430. The van der Waals surface area contributed by atoms with Crippen LogP contribution in [0.4, 0.5) is 0 Å². The van der Waals surface area contributed by atoms with Crippen molar-refractivity contribution in [1.82, 2.24) is 9.72 Å². The fourth-order valence-corrected chi connectivity index (χ4v) is 2.21. The molecular formula is C13H10N2O3. The zero-order chi connectivity index (χ0) is 12.7. The average molecular weight is 242 g/mol. The number of hydrogen-bond acceptors (Lipinski definition) is 3. The van der Waals surface area contributed by atoms with Gasteiger partial charge in [0.2, 0.25) is 11.8 Å². The Morgan fingerprint density at radius 1 is 1.22 bits per heavy atom. The summed E-state index contributed by atoms with van der Waals surface area (Å²) in [6.07, 6.45) is 3.47. The molecule has 0 aromatic carbocycles. The average Bonchev–Trinajstić information content (AvgIpc) is 2.67. The number of nitrogens with one attached hydrogen (secondary N) is 1. The van der Waals surface area contributed by atoms with E-state index in [2.05, 4.69) is 5.32 Å². The number of carbonyl (C=O) groups excluding carboxylic acids is 2. The maximum Gasteiger partial charge on any atom is 0.234 e. The maximum atomic E-state index is 12.0. The number of amides is 2. The summed E-state index contributed by atoms with van der Waals surface area (Å²) in [5, 5.41) is 2.21. The number of aromatic nitrogens is 1. The van der Waals surface area contributed by atoms with E-state index in [1.54, 1.807) is 16.8 Å². The first-order chi connectivity index (χ1) is 8.65. The van der Waals surface area contributed by atoms with E-state index in [9.17, 15) is 14.4 Å². The van der Waals surface area contributed by atoms with Crippen molar-refractivity contribution in [1.29, 1.82) is 0 Å². The topological polar surface area (TPSA) is 67.6 Å². The van der Waals surface area contributed by atoms with Crippen molar-refractivity contribution >= 4 is 17.3 Å². The summed E-state index contributed by atoms with van der Waals surface area (Å²) in [6, 6.07) is 6.96. The third kappa shape index (κ3) is 1.60. The molecule has 1 unspecified atom stereocenters. The van der Waals surface area contributed by atoms with Crippen LogP contribution in [-0.2, 0) is 9.59 Å². The summed E-state index contributed by atoms with van der Waals surface area (Å²) < 4.78 is 1.77. The Morgan fingerprint density at radius 2 is 2.06 bits per heavy atom. The number of fused-ring (bicyclic) bond motifs is 1. The van der Waals surface area contributed by atoms with Gasteiger partial charge in [-0.15, -0.1) is 0 Å². The third-order valence-corrected chi connectivity index (χ3v) is 3.11. The van der Waals surface area contributed by atoms with Crippen molar-refractivity contribution in [3.8, 4) is 0 Å². The highest BCUT2D eigenvalue weighted by Crippen LogP contribution is 2.21. The molecule has 0 bridgehead atoms. The minimum Gasteiger partial charge on any atom is -0.323 e. The van der Waals surface area contributed by atoms with Crippen LogP contribution in [0.1, 0.15) is 17.9 Å². The van der Waals surface area contributed by atoms with Crippen LogP contribution in [0.25, 0.3) is 5.52 Å². The van der Waals surface area contributed by atoms with Gasteiger partial charge in [0, 0.05) is 36.0 Å². The van der Waals surface area contributed by atoms with E-state index in [0.29, 0.717) is 5.56 Å². The first kappa shape index (κ1) is 10.7. The fraction of sp³-hybridized carbons (Fsp3) is 0.154. The number of rotatable bonds is 1. The molecule has 1 saturated heterocycles. The molecule has 90 valence electrons. The molecule has 0 spiro atoms. The van der Waals surface area contributed by atoms with E-state index < -0.39 is 11.8 Å². The zero-order valence-corrected chi connectivity index (χ0v) is 9.42. The van der Waals surface area contributed by atoms with Crippen molar-refractivity contribution in [3.05, 3.63) is 52.4 Å². The molecule has 2 aromatic rings. The molecule has 0 saturated carbocycles. The smallest absolute Gasteiger partial charge is 0.234 e. The molecule has 18 heavy (non-hydrogen) atoms. The van der Waals surface area contributed by atoms with Gasteiger partial charge < -0.3 is 4.40 Å². The first-order valence-electron chi connectivity index (χ1n) is 5.60.